The fourth-order valence-corrected chi connectivity index (χ4v) is 2.12. The molecule has 0 aromatic heterocycles. The molecule has 1 aromatic carbocycles. The third-order valence-electron chi connectivity index (χ3n) is 3.54. The average Bonchev–Trinajstić information content (AvgIpc) is 3.28. The number of halogens is 1. The average molecular weight is 295 g/mol. The van der Waals surface area contributed by atoms with Crippen molar-refractivity contribution in [3.05, 3.63) is 29.6 Å². The van der Waals surface area contributed by atoms with E-state index in [2.05, 4.69) is 0 Å². The van der Waals surface area contributed by atoms with Gasteiger partial charge in [-0.15, -0.1) is 0 Å². The van der Waals surface area contributed by atoms with Crippen LogP contribution in [0.2, 0.25) is 0 Å². The number of hydrogen-bond acceptors (Lipinski definition) is 3. The van der Waals surface area contributed by atoms with Gasteiger partial charge in [0.15, 0.2) is 11.6 Å². The summed E-state index contributed by atoms with van der Waals surface area (Å²) in [6.45, 7) is 1.69. The first-order valence-electron chi connectivity index (χ1n) is 6.81. The van der Waals surface area contributed by atoms with Gasteiger partial charge in [-0.05, 0) is 31.0 Å². The summed E-state index contributed by atoms with van der Waals surface area (Å²) in [6.07, 6.45) is 1.72. The van der Waals surface area contributed by atoms with Crippen LogP contribution in [0.15, 0.2) is 18.2 Å². The van der Waals surface area contributed by atoms with Gasteiger partial charge in [0.1, 0.15) is 0 Å². The number of rotatable bonds is 6. The van der Waals surface area contributed by atoms with Crippen LogP contribution in [0, 0.1) is 11.7 Å². The maximum Gasteiger partial charge on any atom is 0.308 e. The normalized spacial score (nSPS) is 15.4. The molecule has 1 amide bonds. The second-order valence-electron chi connectivity index (χ2n) is 5.28. The van der Waals surface area contributed by atoms with Crippen LogP contribution in [-0.2, 0) is 4.79 Å². The third-order valence-corrected chi connectivity index (χ3v) is 3.54. The van der Waals surface area contributed by atoms with E-state index in [-0.39, 0.29) is 29.8 Å². The molecule has 0 saturated heterocycles. The molecule has 0 bridgehead atoms. The van der Waals surface area contributed by atoms with E-state index in [4.69, 9.17) is 9.84 Å². The molecule has 1 unspecified atom stereocenters. The Bertz CT molecular complexity index is 557. The molecular formula is C15H18FNO4. The van der Waals surface area contributed by atoms with Gasteiger partial charge < -0.3 is 14.7 Å². The van der Waals surface area contributed by atoms with Crippen LogP contribution in [0.1, 0.15) is 30.1 Å². The Morgan fingerprint density at radius 1 is 1.48 bits per heavy atom. The highest BCUT2D eigenvalue weighted by atomic mass is 19.1. The van der Waals surface area contributed by atoms with Gasteiger partial charge in [0.25, 0.3) is 5.91 Å². The predicted octanol–water partition coefficient (Wildman–Crippen LogP) is 2.16. The monoisotopic (exact) mass is 295 g/mol. The first-order chi connectivity index (χ1) is 9.93. The first kappa shape index (κ1) is 15.3. The van der Waals surface area contributed by atoms with Crippen molar-refractivity contribution < 1.29 is 23.8 Å². The topological polar surface area (TPSA) is 66.8 Å². The Kier molecular flexibility index (Phi) is 4.45. The minimum atomic E-state index is -0.950. The zero-order valence-electron chi connectivity index (χ0n) is 12.0. The SMILES string of the molecule is COc1ccc(C(=O)N(CC(C)C(=O)O)C2CC2)cc1F. The molecule has 6 heteroatoms. The van der Waals surface area contributed by atoms with Crippen molar-refractivity contribution in [1.29, 1.82) is 0 Å². The third kappa shape index (κ3) is 3.51. The van der Waals surface area contributed by atoms with Crippen LogP contribution in [-0.4, -0.2) is 41.6 Å². The van der Waals surface area contributed by atoms with Crippen LogP contribution >= 0.6 is 0 Å². The minimum absolute atomic E-state index is 0.0597. The summed E-state index contributed by atoms with van der Waals surface area (Å²) in [6, 6.07) is 4.07. The summed E-state index contributed by atoms with van der Waals surface area (Å²) in [5, 5.41) is 8.98. The zero-order valence-corrected chi connectivity index (χ0v) is 12.0. The second-order valence-corrected chi connectivity index (χ2v) is 5.28. The Morgan fingerprint density at radius 3 is 2.62 bits per heavy atom. The number of carboxylic acid groups (broad SMARTS) is 1. The van der Waals surface area contributed by atoms with Gasteiger partial charge in [0.05, 0.1) is 13.0 Å². The van der Waals surface area contributed by atoms with Gasteiger partial charge in [-0.3, -0.25) is 9.59 Å². The fraction of sp³-hybridized carbons (Fsp3) is 0.467. The first-order valence-corrected chi connectivity index (χ1v) is 6.81. The van der Waals surface area contributed by atoms with Crippen LogP contribution < -0.4 is 4.74 Å². The van der Waals surface area contributed by atoms with Crippen LogP contribution in [0.3, 0.4) is 0 Å². The molecule has 2 rings (SSSR count). The molecule has 0 radical (unpaired) electrons. The number of methoxy groups -OCH3 is 1. The lowest BCUT2D eigenvalue weighted by molar-refractivity contribution is -0.141. The van der Waals surface area contributed by atoms with Gasteiger partial charge in [-0.25, -0.2) is 4.39 Å². The van der Waals surface area contributed by atoms with Gasteiger partial charge in [0.2, 0.25) is 0 Å². The van der Waals surface area contributed by atoms with Crippen LogP contribution in [0.5, 0.6) is 5.75 Å². The summed E-state index contributed by atoms with van der Waals surface area (Å²) in [5.41, 5.74) is 0.206. The zero-order chi connectivity index (χ0) is 15.6. The summed E-state index contributed by atoms with van der Waals surface area (Å²) in [4.78, 5) is 24.9. The second kappa shape index (κ2) is 6.11. The number of ether oxygens (including phenoxy) is 1. The van der Waals surface area contributed by atoms with Crippen molar-refractivity contribution in [3.63, 3.8) is 0 Å². The molecule has 0 spiro atoms. The van der Waals surface area contributed by atoms with Crippen molar-refractivity contribution in [1.82, 2.24) is 4.90 Å². The van der Waals surface area contributed by atoms with Crippen molar-refractivity contribution in [2.24, 2.45) is 5.92 Å². The van der Waals surface area contributed by atoms with Gasteiger partial charge in [-0.2, -0.15) is 0 Å². The summed E-state index contributed by atoms with van der Waals surface area (Å²) < 4.78 is 18.5. The molecule has 1 atom stereocenters. The van der Waals surface area contributed by atoms with E-state index in [1.54, 1.807) is 6.92 Å². The van der Waals surface area contributed by atoms with Crippen molar-refractivity contribution in [2.75, 3.05) is 13.7 Å². The molecule has 1 fully saturated rings. The highest BCUT2D eigenvalue weighted by molar-refractivity contribution is 5.95. The smallest absolute Gasteiger partial charge is 0.308 e. The van der Waals surface area contributed by atoms with E-state index < -0.39 is 17.7 Å². The Hall–Kier alpha value is -2.11. The van der Waals surface area contributed by atoms with Crippen LogP contribution in [0.25, 0.3) is 0 Å². The summed E-state index contributed by atoms with van der Waals surface area (Å²) in [5.74, 6) is -2.48. The van der Waals surface area contributed by atoms with E-state index in [1.807, 2.05) is 0 Å². The number of nitrogens with zero attached hydrogens (tertiary/aromatic N) is 1. The standard InChI is InChI=1S/C15H18FNO4/c1-9(15(19)20)8-17(11-4-5-11)14(18)10-3-6-13(21-2)12(16)7-10/h3,6-7,9,11H,4-5,8H2,1-2H3,(H,19,20). The lowest BCUT2D eigenvalue weighted by Crippen LogP contribution is -2.38. The Morgan fingerprint density at radius 2 is 2.14 bits per heavy atom. The van der Waals surface area contributed by atoms with E-state index >= 15 is 0 Å². The van der Waals surface area contributed by atoms with Crippen molar-refractivity contribution >= 4 is 11.9 Å². The molecule has 5 nitrogen and oxygen atoms in total. The molecule has 1 saturated carbocycles. The number of carbonyl (C=O) groups is 2. The number of hydrogen-bond donors (Lipinski definition) is 1. The predicted molar refractivity (Wildman–Crippen MR) is 73.8 cm³/mol. The number of aliphatic carboxylic acids is 1. The maximum atomic E-state index is 13.7. The molecule has 1 N–H and O–H groups in total. The Balaban J connectivity index is 2.18. The Labute approximate surface area is 122 Å². The van der Waals surface area contributed by atoms with Gasteiger partial charge in [0, 0.05) is 18.2 Å². The van der Waals surface area contributed by atoms with E-state index in [9.17, 15) is 14.0 Å². The molecule has 0 aliphatic heterocycles. The summed E-state index contributed by atoms with van der Waals surface area (Å²) in [7, 11) is 1.35. The fourth-order valence-electron chi connectivity index (χ4n) is 2.12. The molecular weight excluding hydrogens is 277 g/mol. The van der Waals surface area contributed by atoms with Crippen molar-refractivity contribution in [3.8, 4) is 5.75 Å². The highest BCUT2D eigenvalue weighted by Crippen LogP contribution is 2.30. The highest BCUT2D eigenvalue weighted by Gasteiger charge is 2.35. The molecule has 1 aliphatic rings. The quantitative estimate of drug-likeness (QED) is 0.873. The lowest BCUT2D eigenvalue weighted by Gasteiger charge is -2.24. The summed E-state index contributed by atoms with van der Waals surface area (Å²) >= 11 is 0. The van der Waals surface area contributed by atoms with E-state index in [0.29, 0.717) is 0 Å². The van der Waals surface area contributed by atoms with Gasteiger partial charge in [-0.1, -0.05) is 6.92 Å². The van der Waals surface area contributed by atoms with Crippen molar-refractivity contribution in [2.45, 2.75) is 25.8 Å². The lowest BCUT2D eigenvalue weighted by atomic mass is 10.1. The largest absolute Gasteiger partial charge is 0.494 e. The van der Waals surface area contributed by atoms with Gasteiger partial charge >= 0.3 is 5.97 Å². The minimum Gasteiger partial charge on any atom is -0.494 e. The molecule has 114 valence electrons. The number of amides is 1. The molecule has 0 heterocycles. The number of carboxylic acids is 1. The van der Waals surface area contributed by atoms with Crippen LogP contribution in [0.4, 0.5) is 4.39 Å². The molecule has 1 aliphatic carbocycles. The maximum absolute atomic E-state index is 13.7. The van der Waals surface area contributed by atoms with E-state index in [1.165, 1.54) is 24.1 Å². The molecule has 1 aromatic rings. The van der Waals surface area contributed by atoms with E-state index in [0.717, 1.165) is 18.9 Å². The number of carbonyl (C=O) groups excluding carboxylic acids is 1. The number of benzene rings is 1. The molecule has 21 heavy (non-hydrogen) atoms.